The van der Waals surface area contributed by atoms with Crippen LogP contribution in [0.1, 0.15) is 376 Å². The normalized spacial score (nSPS) is 34.5. The maximum atomic E-state index is 10.0. The molecule has 608 valence electrons. The van der Waals surface area contributed by atoms with Gasteiger partial charge in [-0.15, -0.1) is 0 Å². The van der Waals surface area contributed by atoms with Gasteiger partial charge in [-0.25, -0.2) is 0 Å². The van der Waals surface area contributed by atoms with Crippen LogP contribution in [0.5, 0.6) is 0 Å². The maximum Gasteiger partial charge on any atom is 0.0630 e. The fraction of sp³-hybridized carbons (Fsp3) is 0.833. The van der Waals surface area contributed by atoms with Gasteiger partial charge in [0.15, 0.2) is 0 Å². The van der Waals surface area contributed by atoms with Crippen molar-refractivity contribution in [2.45, 2.75) is 424 Å². The monoisotopic (exact) mass is 1460 g/mol. The molecule has 18 atom stereocenters. The van der Waals surface area contributed by atoms with Gasteiger partial charge in [0, 0.05) is 10.8 Å². The summed E-state index contributed by atoms with van der Waals surface area (Å²) in [6, 6.07) is 0. The minimum atomic E-state index is -0.147. The molecule has 8 fully saturated rings. The van der Waals surface area contributed by atoms with Crippen molar-refractivity contribution in [3.8, 4) is 0 Å². The molecular formula is C96H176O8. The van der Waals surface area contributed by atoms with Gasteiger partial charge in [0.1, 0.15) is 0 Å². The van der Waals surface area contributed by atoms with Crippen molar-refractivity contribution >= 4 is 0 Å². The SMILES string of the molecule is CC(C)=CC1(C)C(C)CCCC1O.CC(C)=CC1(C)CC(C)CCC1O.CC(C)=CC1CC(O)CC(C)(C)C1.CC(C)=CC1CC(O)CCC1(C)C.CC(C)=CC1CCC(C)(C)C(O)C1.CC(C)=CC1CCC(O)C(C)(C)C1.CC(C)=CC1CCC(O)CC1(C)C.CC(C)=CC1CCCC(O)C1(C)C. The van der Waals surface area contributed by atoms with E-state index in [0.29, 0.717) is 52.3 Å². The predicted molar refractivity (Wildman–Crippen MR) is 452 cm³/mol. The molecule has 18 unspecified atom stereocenters. The zero-order valence-corrected chi connectivity index (χ0v) is 74.4. The van der Waals surface area contributed by atoms with Crippen LogP contribution in [0, 0.1) is 90.7 Å². The first-order valence-electron chi connectivity index (χ1n) is 42.1. The van der Waals surface area contributed by atoms with Gasteiger partial charge in [0.05, 0.1) is 48.8 Å². The minimum Gasteiger partial charge on any atom is -0.393 e. The van der Waals surface area contributed by atoms with Crippen molar-refractivity contribution in [3.63, 3.8) is 0 Å². The summed E-state index contributed by atoms with van der Waals surface area (Å²) in [4.78, 5) is 0. The third-order valence-corrected chi connectivity index (χ3v) is 25.2. The zero-order valence-electron chi connectivity index (χ0n) is 74.4. The van der Waals surface area contributed by atoms with Crippen molar-refractivity contribution in [1.82, 2.24) is 0 Å². The van der Waals surface area contributed by atoms with Crippen LogP contribution in [-0.2, 0) is 0 Å². The molecule has 8 heteroatoms. The van der Waals surface area contributed by atoms with Gasteiger partial charge in [0.25, 0.3) is 0 Å². The Kier molecular flexibility index (Phi) is 42.7. The van der Waals surface area contributed by atoms with Crippen molar-refractivity contribution in [2.24, 2.45) is 90.7 Å². The molecule has 0 radical (unpaired) electrons. The first-order chi connectivity index (χ1) is 47.4. The number of rotatable bonds is 8. The molecule has 8 nitrogen and oxygen atoms in total. The van der Waals surface area contributed by atoms with Gasteiger partial charge in [-0.1, -0.05) is 217 Å². The van der Waals surface area contributed by atoms with Gasteiger partial charge >= 0.3 is 0 Å². The van der Waals surface area contributed by atoms with Crippen LogP contribution in [0.25, 0.3) is 0 Å². The van der Waals surface area contributed by atoms with Crippen molar-refractivity contribution in [2.75, 3.05) is 0 Å². The summed E-state index contributed by atoms with van der Waals surface area (Å²) < 4.78 is 0. The van der Waals surface area contributed by atoms with Crippen LogP contribution >= 0.6 is 0 Å². The first-order valence-corrected chi connectivity index (χ1v) is 42.1. The highest BCUT2D eigenvalue weighted by atomic mass is 16.3. The molecule has 0 amide bonds. The Morgan fingerprint density at radius 1 is 0.288 bits per heavy atom. The fourth-order valence-corrected chi connectivity index (χ4v) is 18.6. The lowest BCUT2D eigenvalue weighted by atomic mass is 9.66. The molecule has 0 aromatic rings. The number of hydrogen-bond donors (Lipinski definition) is 8. The molecular weight excluding hydrogens is 1280 g/mol. The van der Waals surface area contributed by atoms with E-state index in [1.54, 1.807) is 0 Å². The number of hydrogen-bond acceptors (Lipinski definition) is 8. The molecule has 0 bridgehead atoms. The largest absolute Gasteiger partial charge is 0.393 e. The molecule has 0 aromatic heterocycles. The lowest BCUT2D eigenvalue weighted by Crippen LogP contribution is -2.40. The smallest absolute Gasteiger partial charge is 0.0630 e. The van der Waals surface area contributed by atoms with E-state index < -0.39 is 0 Å². The number of aliphatic hydroxyl groups is 8. The van der Waals surface area contributed by atoms with Crippen molar-refractivity contribution in [1.29, 1.82) is 0 Å². The molecule has 0 aliphatic heterocycles. The number of allylic oxidation sites excluding steroid dienone is 14. The molecule has 0 saturated heterocycles. The lowest BCUT2D eigenvalue weighted by Gasteiger charge is -2.42. The summed E-state index contributed by atoms with van der Waals surface area (Å²) in [6.07, 6.45) is 43.4. The molecule has 0 aromatic carbocycles. The second kappa shape index (κ2) is 44.6. The van der Waals surface area contributed by atoms with E-state index >= 15 is 0 Å². The Bertz CT molecular complexity index is 2680. The highest BCUT2D eigenvalue weighted by Crippen LogP contribution is 2.48. The Labute approximate surface area is 645 Å². The van der Waals surface area contributed by atoms with E-state index in [1.165, 1.54) is 89.5 Å². The van der Waals surface area contributed by atoms with E-state index in [0.717, 1.165) is 115 Å². The number of aliphatic hydroxyl groups excluding tert-OH is 8. The summed E-state index contributed by atoms with van der Waals surface area (Å²) in [7, 11) is 0. The van der Waals surface area contributed by atoms with Crippen molar-refractivity contribution < 1.29 is 40.9 Å². The average Bonchev–Trinajstić information content (AvgIpc) is 0.802. The summed E-state index contributed by atoms with van der Waals surface area (Å²) in [5.41, 5.74) is 12.2. The van der Waals surface area contributed by atoms with Crippen molar-refractivity contribution in [3.05, 3.63) is 93.2 Å². The van der Waals surface area contributed by atoms with E-state index in [4.69, 9.17) is 0 Å². The zero-order chi connectivity index (χ0) is 80.5. The van der Waals surface area contributed by atoms with Crippen LogP contribution in [0.3, 0.4) is 0 Å². The van der Waals surface area contributed by atoms with Gasteiger partial charge in [-0.05, 0) is 332 Å². The Morgan fingerprint density at radius 2 is 0.769 bits per heavy atom. The highest BCUT2D eigenvalue weighted by molar-refractivity contribution is 5.13. The molecule has 8 aliphatic rings. The van der Waals surface area contributed by atoms with E-state index in [9.17, 15) is 40.9 Å². The molecule has 104 heavy (non-hydrogen) atoms. The van der Waals surface area contributed by atoms with Gasteiger partial charge in [-0.3, -0.25) is 0 Å². The third kappa shape index (κ3) is 37.1. The van der Waals surface area contributed by atoms with Gasteiger partial charge in [0.2, 0.25) is 0 Å². The second-order valence-electron chi connectivity index (χ2n) is 41.8. The van der Waals surface area contributed by atoms with Crippen LogP contribution < -0.4 is 0 Å². The topological polar surface area (TPSA) is 162 Å². The van der Waals surface area contributed by atoms with E-state index in [1.807, 2.05) is 0 Å². The minimum absolute atomic E-state index is 0.0110. The molecule has 0 heterocycles. The van der Waals surface area contributed by atoms with Gasteiger partial charge < -0.3 is 40.9 Å². The molecule has 8 rings (SSSR count). The average molecular weight is 1460 g/mol. The summed E-state index contributed by atoms with van der Waals surface area (Å²) in [5.74, 6) is 5.00. The molecule has 8 aliphatic carbocycles. The standard InChI is InChI=1S/8C12H22O/c1-9(2)5-10-6-11(13)8-12(3,4)7-10;1-9(2)7-10-8-11(13)5-6-12(10,3)4;1-9(2)7-10-5-6-11(13)8-12(10,3)4;1-9(2)7-10-5-6-12(3,4)11(13)8-10;1-9(2)7-10-5-6-11(13)12(3,4)8-10;1-9(2)7-12(4)8-10(3)5-6-11(12)13;1-9(2)8-10-6-5-7-11(13)12(10,3)4;1-9(2)8-12(4)10(3)6-5-7-11(12)13/h5,10-11,13H,6-8H2,1-4H3;5*7,10-11,13H,5-6,8H2,1-4H3;2*8,10-11,13H,5-7H2,1-4H3. The highest BCUT2D eigenvalue weighted by Gasteiger charge is 2.42. The Balaban J connectivity index is 0.000000594. The van der Waals surface area contributed by atoms with Crippen LogP contribution in [0.4, 0.5) is 0 Å². The van der Waals surface area contributed by atoms with Crippen LogP contribution in [0.15, 0.2) is 93.2 Å². The predicted octanol–water partition coefficient (Wildman–Crippen LogP) is 25.1. The fourth-order valence-electron chi connectivity index (χ4n) is 18.6. The second-order valence-corrected chi connectivity index (χ2v) is 41.8. The van der Waals surface area contributed by atoms with E-state index in [2.05, 4.69) is 270 Å². The Hall–Kier alpha value is -2.40. The van der Waals surface area contributed by atoms with Crippen LogP contribution in [0.2, 0.25) is 0 Å². The summed E-state index contributed by atoms with van der Waals surface area (Å²) in [5, 5.41) is 78.4. The first kappa shape index (κ1) is 99.6. The summed E-state index contributed by atoms with van der Waals surface area (Å²) in [6.45, 7) is 69.7. The molecule has 0 spiro atoms. The molecule has 8 N–H and O–H groups in total. The van der Waals surface area contributed by atoms with Gasteiger partial charge in [-0.2, -0.15) is 0 Å². The van der Waals surface area contributed by atoms with Crippen LogP contribution in [-0.4, -0.2) is 89.7 Å². The third-order valence-electron chi connectivity index (χ3n) is 25.2. The quantitative estimate of drug-likeness (QED) is 0.111. The molecule has 8 saturated carbocycles. The maximum absolute atomic E-state index is 10.0. The summed E-state index contributed by atoms with van der Waals surface area (Å²) >= 11 is 0. The Morgan fingerprint density at radius 3 is 1.26 bits per heavy atom. The lowest BCUT2D eigenvalue weighted by molar-refractivity contribution is -0.0136. The van der Waals surface area contributed by atoms with E-state index in [-0.39, 0.29) is 81.3 Å².